The first-order valence-electron chi connectivity index (χ1n) is 5.68. The van der Waals surface area contributed by atoms with Crippen molar-refractivity contribution in [2.45, 2.75) is 18.6 Å². The van der Waals surface area contributed by atoms with Crippen LogP contribution in [0.3, 0.4) is 0 Å². The summed E-state index contributed by atoms with van der Waals surface area (Å²) in [5.41, 5.74) is 0.382. The summed E-state index contributed by atoms with van der Waals surface area (Å²) >= 11 is 0. The van der Waals surface area contributed by atoms with E-state index in [1.165, 1.54) is 23.8 Å². The number of nitrogens with zero attached hydrogens (tertiary/aromatic N) is 3. The first-order valence-corrected chi connectivity index (χ1v) is 7.23. The topological polar surface area (TPSA) is 100 Å². The van der Waals surface area contributed by atoms with Gasteiger partial charge in [0.2, 0.25) is 0 Å². The monoisotopic (exact) mass is 300 g/mol. The van der Waals surface area contributed by atoms with E-state index >= 15 is 0 Å². The number of halogens is 1. The SMILES string of the molecule is CCn1c(-c2ccc(OC)c(F)c2)nnc1S(N)(=O)=O. The Bertz CT molecular complexity index is 742. The third-order valence-corrected chi connectivity index (χ3v) is 3.51. The summed E-state index contributed by atoms with van der Waals surface area (Å²) in [7, 11) is -2.63. The molecule has 0 spiro atoms. The predicted molar refractivity (Wildman–Crippen MR) is 69.0 cm³/mol. The molecule has 0 atom stereocenters. The van der Waals surface area contributed by atoms with Gasteiger partial charge in [-0.05, 0) is 25.1 Å². The van der Waals surface area contributed by atoms with E-state index in [1.807, 2.05) is 0 Å². The van der Waals surface area contributed by atoms with Gasteiger partial charge in [-0.1, -0.05) is 0 Å². The molecular weight excluding hydrogens is 287 g/mol. The molecule has 2 rings (SSSR count). The fourth-order valence-electron chi connectivity index (χ4n) is 1.80. The van der Waals surface area contributed by atoms with Crippen molar-refractivity contribution in [1.29, 1.82) is 0 Å². The van der Waals surface area contributed by atoms with Crippen LogP contribution in [0.15, 0.2) is 23.4 Å². The molecule has 0 amide bonds. The Morgan fingerprint density at radius 2 is 2.10 bits per heavy atom. The minimum absolute atomic E-state index is 0.0861. The zero-order valence-electron chi connectivity index (χ0n) is 10.9. The van der Waals surface area contributed by atoms with Crippen molar-refractivity contribution < 1.29 is 17.5 Å². The molecule has 7 nitrogen and oxygen atoms in total. The van der Waals surface area contributed by atoms with Crippen LogP contribution in [0.1, 0.15) is 6.92 Å². The highest BCUT2D eigenvalue weighted by Gasteiger charge is 2.21. The average Bonchev–Trinajstić information content (AvgIpc) is 2.82. The molecule has 0 aliphatic rings. The zero-order valence-corrected chi connectivity index (χ0v) is 11.7. The number of methoxy groups -OCH3 is 1. The number of sulfonamides is 1. The van der Waals surface area contributed by atoms with Gasteiger partial charge in [0.25, 0.3) is 15.2 Å². The Hall–Kier alpha value is -2.00. The normalized spacial score (nSPS) is 11.6. The zero-order chi connectivity index (χ0) is 14.9. The third kappa shape index (κ3) is 2.49. The average molecular weight is 300 g/mol. The van der Waals surface area contributed by atoms with Crippen molar-refractivity contribution in [2.75, 3.05) is 7.11 Å². The predicted octanol–water partition coefficient (Wildman–Crippen LogP) is 0.760. The lowest BCUT2D eigenvalue weighted by molar-refractivity contribution is 0.386. The molecule has 0 fully saturated rings. The molecule has 2 N–H and O–H groups in total. The van der Waals surface area contributed by atoms with Crippen molar-refractivity contribution in [3.05, 3.63) is 24.0 Å². The molecule has 0 bridgehead atoms. The summed E-state index contributed by atoms with van der Waals surface area (Å²) in [6.45, 7) is 1.99. The van der Waals surface area contributed by atoms with Crippen LogP contribution in [0.5, 0.6) is 5.75 Å². The number of benzene rings is 1. The van der Waals surface area contributed by atoms with E-state index in [4.69, 9.17) is 9.88 Å². The smallest absolute Gasteiger partial charge is 0.273 e. The van der Waals surface area contributed by atoms with Crippen molar-refractivity contribution in [3.8, 4) is 17.1 Å². The van der Waals surface area contributed by atoms with E-state index in [9.17, 15) is 12.8 Å². The Labute approximate surface area is 115 Å². The van der Waals surface area contributed by atoms with Gasteiger partial charge in [0.1, 0.15) is 0 Å². The number of rotatable bonds is 4. The van der Waals surface area contributed by atoms with Crippen LogP contribution in [0.25, 0.3) is 11.4 Å². The molecule has 0 saturated heterocycles. The van der Waals surface area contributed by atoms with Crippen LogP contribution in [-0.2, 0) is 16.6 Å². The van der Waals surface area contributed by atoms with Crippen LogP contribution in [0, 0.1) is 5.82 Å². The Morgan fingerprint density at radius 1 is 1.40 bits per heavy atom. The molecule has 9 heteroatoms. The minimum Gasteiger partial charge on any atom is -0.494 e. The maximum atomic E-state index is 13.7. The van der Waals surface area contributed by atoms with Gasteiger partial charge < -0.3 is 4.74 Å². The lowest BCUT2D eigenvalue weighted by Gasteiger charge is -2.07. The molecule has 20 heavy (non-hydrogen) atoms. The summed E-state index contributed by atoms with van der Waals surface area (Å²) < 4.78 is 42.6. The Morgan fingerprint density at radius 3 is 2.60 bits per heavy atom. The molecule has 0 saturated carbocycles. The summed E-state index contributed by atoms with van der Waals surface area (Å²) in [6, 6.07) is 4.18. The second-order valence-electron chi connectivity index (χ2n) is 3.94. The third-order valence-electron chi connectivity index (χ3n) is 2.70. The molecule has 0 radical (unpaired) electrons. The second-order valence-corrected chi connectivity index (χ2v) is 5.40. The van der Waals surface area contributed by atoms with E-state index < -0.39 is 15.8 Å². The van der Waals surface area contributed by atoms with E-state index in [-0.39, 0.29) is 23.3 Å². The van der Waals surface area contributed by atoms with Crippen LogP contribution in [-0.4, -0.2) is 30.3 Å². The van der Waals surface area contributed by atoms with Gasteiger partial charge in [-0.3, -0.25) is 4.57 Å². The molecule has 0 aliphatic carbocycles. The molecule has 0 unspecified atom stereocenters. The number of hydrogen-bond acceptors (Lipinski definition) is 5. The molecule has 0 aliphatic heterocycles. The highest BCUT2D eigenvalue weighted by atomic mass is 32.2. The summed E-state index contributed by atoms with van der Waals surface area (Å²) in [5, 5.41) is 12.0. The van der Waals surface area contributed by atoms with Gasteiger partial charge in [0, 0.05) is 12.1 Å². The number of nitrogens with two attached hydrogens (primary N) is 1. The lowest BCUT2D eigenvalue weighted by Crippen LogP contribution is -2.18. The number of ether oxygens (including phenoxy) is 1. The van der Waals surface area contributed by atoms with Crippen molar-refractivity contribution in [2.24, 2.45) is 5.14 Å². The molecular formula is C11H13FN4O3S. The maximum Gasteiger partial charge on any atom is 0.273 e. The Kier molecular flexibility index (Phi) is 3.73. The van der Waals surface area contributed by atoms with E-state index in [0.29, 0.717) is 5.56 Å². The first kappa shape index (κ1) is 14.4. The number of aromatic nitrogens is 3. The largest absolute Gasteiger partial charge is 0.494 e. The highest BCUT2D eigenvalue weighted by Crippen LogP contribution is 2.25. The summed E-state index contributed by atoms with van der Waals surface area (Å²) in [4.78, 5) is 0. The maximum absolute atomic E-state index is 13.7. The van der Waals surface area contributed by atoms with Gasteiger partial charge >= 0.3 is 0 Å². The fraction of sp³-hybridized carbons (Fsp3) is 0.273. The van der Waals surface area contributed by atoms with Crippen LogP contribution in [0.4, 0.5) is 4.39 Å². The van der Waals surface area contributed by atoms with E-state index in [0.717, 1.165) is 0 Å². The van der Waals surface area contributed by atoms with Crippen molar-refractivity contribution >= 4 is 10.0 Å². The first-order chi connectivity index (χ1) is 9.38. The van der Waals surface area contributed by atoms with Gasteiger partial charge in [0.05, 0.1) is 7.11 Å². The summed E-state index contributed by atoms with van der Waals surface area (Å²) in [5.74, 6) is -0.270. The van der Waals surface area contributed by atoms with Crippen LogP contribution < -0.4 is 9.88 Å². The van der Waals surface area contributed by atoms with Gasteiger partial charge in [0.15, 0.2) is 17.4 Å². The van der Waals surface area contributed by atoms with Crippen LogP contribution >= 0.6 is 0 Å². The van der Waals surface area contributed by atoms with Gasteiger partial charge in [-0.15, -0.1) is 10.2 Å². The molecule has 1 aromatic heterocycles. The van der Waals surface area contributed by atoms with Crippen LogP contribution in [0.2, 0.25) is 0 Å². The molecule has 1 heterocycles. The quantitative estimate of drug-likeness (QED) is 0.898. The van der Waals surface area contributed by atoms with Crippen molar-refractivity contribution in [1.82, 2.24) is 14.8 Å². The Balaban J connectivity index is 2.59. The molecule has 108 valence electrons. The van der Waals surface area contributed by atoms with E-state index in [2.05, 4.69) is 10.2 Å². The lowest BCUT2D eigenvalue weighted by atomic mass is 10.2. The van der Waals surface area contributed by atoms with Crippen molar-refractivity contribution in [3.63, 3.8) is 0 Å². The molecule has 2 aromatic rings. The number of primary sulfonamides is 1. The fourth-order valence-corrected chi connectivity index (χ4v) is 2.48. The number of hydrogen-bond donors (Lipinski definition) is 1. The highest BCUT2D eigenvalue weighted by molar-refractivity contribution is 7.89. The standard InChI is InChI=1S/C11H13FN4O3S/c1-3-16-10(14-15-11(16)20(13,17)18)7-4-5-9(19-2)8(12)6-7/h4-6H,3H2,1-2H3,(H2,13,17,18). The van der Waals surface area contributed by atoms with E-state index in [1.54, 1.807) is 13.0 Å². The minimum atomic E-state index is -3.98. The van der Waals surface area contributed by atoms with Gasteiger partial charge in [-0.25, -0.2) is 17.9 Å². The van der Waals surface area contributed by atoms with Gasteiger partial charge in [-0.2, -0.15) is 0 Å². The summed E-state index contributed by atoms with van der Waals surface area (Å²) in [6.07, 6.45) is 0. The second kappa shape index (κ2) is 5.17. The molecule has 1 aromatic carbocycles.